The zero-order valence-electron chi connectivity index (χ0n) is 11.7. The van der Waals surface area contributed by atoms with Crippen molar-refractivity contribution in [2.24, 2.45) is 0 Å². The Hall–Kier alpha value is -1.47. The second kappa shape index (κ2) is 6.12. The molecule has 19 heavy (non-hydrogen) atoms. The average Bonchev–Trinajstić information content (AvgIpc) is 2.41. The lowest BCUT2D eigenvalue weighted by molar-refractivity contribution is 0.305. The first kappa shape index (κ1) is 14.0. The lowest BCUT2D eigenvalue weighted by atomic mass is 10.1. The van der Waals surface area contributed by atoms with Gasteiger partial charge in [-0.1, -0.05) is 42.8 Å². The van der Waals surface area contributed by atoms with Crippen molar-refractivity contribution < 1.29 is 4.74 Å². The van der Waals surface area contributed by atoms with Gasteiger partial charge in [-0.05, 0) is 54.7 Å². The number of ether oxygens (including phenoxy) is 1. The Balaban J connectivity index is 2.17. The van der Waals surface area contributed by atoms with Gasteiger partial charge in [0.2, 0.25) is 0 Å². The number of aryl methyl sites for hydroxylation is 3. The second-order valence-electron chi connectivity index (χ2n) is 4.78. The van der Waals surface area contributed by atoms with Crippen molar-refractivity contribution in [2.75, 3.05) is 0 Å². The van der Waals surface area contributed by atoms with Crippen molar-refractivity contribution >= 4 is 11.6 Å². The molecule has 2 heteroatoms. The Labute approximate surface area is 120 Å². The van der Waals surface area contributed by atoms with Gasteiger partial charge in [0.05, 0.1) is 5.02 Å². The van der Waals surface area contributed by atoms with Gasteiger partial charge in [0.25, 0.3) is 0 Å². The molecule has 0 aliphatic heterocycles. The Kier molecular flexibility index (Phi) is 4.49. The summed E-state index contributed by atoms with van der Waals surface area (Å²) in [5.41, 5.74) is 4.93. The van der Waals surface area contributed by atoms with Crippen molar-refractivity contribution in [1.29, 1.82) is 0 Å². The quantitative estimate of drug-likeness (QED) is 0.754. The van der Waals surface area contributed by atoms with Gasteiger partial charge in [0, 0.05) is 0 Å². The third kappa shape index (κ3) is 3.30. The molecule has 0 aromatic heterocycles. The summed E-state index contributed by atoms with van der Waals surface area (Å²) in [5.74, 6) is 0.760. The van der Waals surface area contributed by atoms with Crippen molar-refractivity contribution in [3.8, 4) is 5.75 Å². The van der Waals surface area contributed by atoms with E-state index in [9.17, 15) is 0 Å². The molecule has 1 nitrogen and oxygen atoms in total. The van der Waals surface area contributed by atoms with Crippen LogP contribution in [0, 0.1) is 13.8 Å². The van der Waals surface area contributed by atoms with Crippen LogP contribution in [0.2, 0.25) is 5.02 Å². The summed E-state index contributed by atoms with van der Waals surface area (Å²) in [4.78, 5) is 0. The molecule has 0 saturated carbocycles. The van der Waals surface area contributed by atoms with Crippen LogP contribution in [0.3, 0.4) is 0 Å². The summed E-state index contributed by atoms with van der Waals surface area (Å²) in [6.07, 6.45) is 1.01. The standard InChI is InChI=1S/C17H19ClO/c1-4-14-7-5-6-8-15(14)11-19-17-10-13(3)12(2)9-16(17)18/h5-10H,4,11H2,1-3H3. The van der Waals surface area contributed by atoms with Crippen molar-refractivity contribution in [3.63, 3.8) is 0 Å². The van der Waals surface area contributed by atoms with E-state index in [1.54, 1.807) is 0 Å². The Morgan fingerprint density at radius 3 is 2.32 bits per heavy atom. The summed E-state index contributed by atoms with van der Waals surface area (Å²) in [7, 11) is 0. The molecular weight excluding hydrogens is 256 g/mol. The van der Waals surface area contributed by atoms with Crippen LogP contribution in [0.5, 0.6) is 5.75 Å². The fourth-order valence-electron chi connectivity index (χ4n) is 2.06. The molecule has 2 aromatic carbocycles. The summed E-state index contributed by atoms with van der Waals surface area (Å²) < 4.78 is 5.87. The zero-order valence-corrected chi connectivity index (χ0v) is 12.4. The fourth-order valence-corrected chi connectivity index (χ4v) is 2.34. The summed E-state index contributed by atoms with van der Waals surface area (Å²) in [6, 6.07) is 12.3. The first-order chi connectivity index (χ1) is 9.11. The molecule has 0 saturated heterocycles. The number of hydrogen-bond donors (Lipinski definition) is 0. The average molecular weight is 275 g/mol. The van der Waals surface area contributed by atoms with Crippen LogP contribution >= 0.6 is 11.6 Å². The van der Waals surface area contributed by atoms with Gasteiger partial charge in [-0.3, -0.25) is 0 Å². The van der Waals surface area contributed by atoms with E-state index in [4.69, 9.17) is 16.3 Å². The van der Waals surface area contributed by atoms with Crippen molar-refractivity contribution in [3.05, 3.63) is 63.7 Å². The maximum absolute atomic E-state index is 6.22. The maximum Gasteiger partial charge on any atom is 0.138 e. The topological polar surface area (TPSA) is 9.23 Å². The predicted octanol–water partition coefficient (Wildman–Crippen LogP) is 5.10. The number of halogens is 1. The van der Waals surface area contributed by atoms with Crippen LogP contribution < -0.4 is 4.74 Å². The minimum atomic E-state index is 0.562. The van der Waals surface area contributed by atoms with E-state index in [1.807, 2.05) is 18.2 Å². The monoisotopic (exact) mass is 274 g/mol. The molecule has 0 atom stereocenters. The van der Waals surface area contributed by atoms with Gasteiger partial charge in [-0.15, -0.1) is 0 Å². The molecule has 0 radical (unpaired) electrons. The molecular formula is C17H19ClO. The third-order valence-electron chi connectivity index (χ3n) is 3.43. The van der Waals surface area contributed by atoms with Gasteiger partial charge < -0.3 is 4.74 Å². The molecule has 0 aliphatic carbocycles. The van der Waals surface area contributed by atoms with E-state index < -0.39 is 0 Å². The van der Waals surface area contributed by atoms with Crippen molar-refractivity contribution in [1.82, 2.24) is 0 Å². The van der Waals surface area contributed by atoms with Crippen LogP contribution in [0.15, 0.2) is 36.4 Å². The van der Waals surface area contributed by atoms with E-state index in [0.717, 1.165) is 12.2 Å². The zero-order chi connectivity index (χ0) is 13.8. The van der Waals surface area contributed by atoms with Gasteiger partial charge in [-0.25, -0.2) is 0 Å². The van der Waals surface area contributed by atoms with Crippen LogP contribution in [-0.4, -0.2) is 0 Å². The highest BCUT2D eigenvalue weighted by molar-refractivity contribution is 6.32. The van der Waals surface area contributed by atoms with Gasteiger partial charge in [-0.2, -0.15) is 0 Å². The number of benzene rings is 2. The van der Waals surface area contributed by atoms with E-state index in [2.05, 4.69) is 39.0 Å². The Morgan fingerprint density at radius 1 is 1.00 bits per heavy atom. The SMILES string of the molecule is CCc1ccccc1COc1cc(C)c(C)cc1Cl. The molecule has 0 unspecified atom stereocenters. The molecule has 0 amide bonds. The van der Waals surface area contributed by atoms with E-state index in [-0.39, 0.29) is 0 Å². The molecule has 100 valence electrons. The molecule has 0 aliphatic rings. The highest BCUT2D eigenvalue weighted by Crippen LogP contribution is 2.28. The van der Waals surface area contributed by atoms with E-state index in [0.29, 0.717) is 11.6 Å². The first-order valence-corrected chi connectivity index (χ1v) is 6.96. The van der Waals surface area contributed by atoms with E-state index >= 15 is 0 Å². The first-order valence-electron chi connectivity index (χ1n) is 6.58. The minimum absolute atomic E-state index is 0.562. The van der Waals surface area contributed by atoms with E-state index in [1.165, 1.54) is 22.3 Å². The summed E-state index contributed by atoms with van der Waals surface area (Å²) >= 11 is 6.22. The minimum Gasteiger partial charge on any atom is -0.487 e. The second-order valence-corrected chi connectivity index (χ2v) is 5.19. The fraction of sp³-hybridized carbons (Fsp3) is 0.294. The van der Waals surface area contributed by atoms with Crippen LogP contribution in [-0.2, 0) is 13.0 Å². The van der Waals surface area contributed by atoms with Crippen molar-refractivity contribution in [2.45, 2.75) is 33.8 Å². The molecule has 0 N–H and O–H groups in total. The van der Waals surface area contributed by atoms with Crippen LogP contribution in [0.4, 0.5) is 0 Å². The lowest BCUT2D eigenvalue weighted by Gasteiger charge is -2.12. The molecule has 2 rings (SSSR count). The third-order valence-corrected chi connectivity index (χ3v) is 3.73. The molecule has 0 heterocycles. The molecule has 0 spiro atoms. The van der Waals surface area contributed by atoms with Crippen LogP contribution in [0.25, 0.3) is 0 Å². The molecule has 0 bridgehead atoms. The summed E-state index contributed by atoms with van der Waals surface area (Å²) in [5, 5.41) is 0.678. The largest absolute Gasteiger partial charge is 0.487 e. The lowest BCUT2D eigenvalue weighted by Crippen LogP contribution is -2.00. The highest BCUT2D eigenvalue weighted by atomic mass is 35.5. The smallest absolute Gasteiger partial charge is 0.138 e. The van der Waals surface area contributed by atoms with Gasteiger partial charge in [0.1, 0.15) is 12.4 Å². The normalized spacial score (nSPS) is 10.5. The predicted molar refractivity (Wildman–Crippen MR) is 81.1 cm³/mol. The molecule has 0 fully saturated rings. The highest BCUT2D eigenvalue weighted by Gasteiger charge is 2.06. The Bertz CT molecular complexity index is 575. The Morgan fingerprint density at radius 2 is 1.63 bits per heavy atom. The number of rotatable bonds is 4. The van der Waals surface area contributed by atoms with Gasteiger partial charge >= 0.3 is 0 Å². The molecule has 2 aromatic rings. The number of hydrogen-bond acceptors (Lipinski definition) is 1. The van der Waals surface area contributed by atoms with Gasteiger partial charge in [0.15, 0.2) is 0 Å². The maximum atomic E-state index is 6.22. The summed E-state index contributed by atoms with van der Waals surface area (Å²) in [6.45, 7) is 6.84. The van der Waals surface area contributed by atoms with Crippen LogP contribution in [0.1, 0.15) is 29.2 Å².